The van der Waals surface area contributed by atoms with Crippen LogP contribution >= 0.6 is 11.6 Å². The summed E-state index contributed by atoms with van der Waals surface area (Å²) in [6.45, 7) is 8.48. The molecule has 1 aliphatic heterocycles. The van der Waals surface area contributed by atoms with E-state index in [1.54, 1.807) is 7.11 Å². The molecule has 1 fully saturated rings. The molecule has 4 rings (SSSR count). The standard InChI is InChI=1S/C28H32ClN3O2/c1-20(2)31-15-17-32(18-16-31)27(21-7-9-24(29)10-8-21)22-5-4-6-23(19-22)28(33)30-25-11-13-26(34-3)14-12-25/h4-14,19-20,27H,15-18H2,1-3H3,(H,30,33). The van der Waals surface area contributed by atoms with Crippen molar-refractivity contribution >= 4 is 23.2 Å². The quantitative estimate of drug-likeness (QED) is 0.473. The first-order valence-corrected chi connectivity index (χ1v) is 12.1. The van der Waals surface area contributed by atoms with E-state index < -0.39 is 0 Å². The number of hydrogen-bond acceptors (Lipinski definition) is 4. The molecule has 1 amide bonds. The number of methoxy groups -OCH3 is 1. The monoisotopic (exact) mass is 477 g/mol. The number of piperazine rings is 1. The molecule has 3 aromatic carbocycles. The first kappa shape index (κ1) is 24.3. The van der Waals surface area contributed by atoms with Gasteiger partial charge in [-0.2, -0.15) is 0 Å². The lowest BCUT2D eigenvalue weighted by Gasteiger charge is -2.41. The Morgan fingerprint density at radius 2 is 1.53 bits per heavy atom. The van der Waals surface area contributed by atoms with Gasteiger partial charge in [-0.05, 0) is 73.5 Å². The van der Waals surface area contributed by atoms with E-state index in [0.717, 1.165) is 48.2 Å². The van der Waals surface area contributed by atoms with Gasteiger partial charge in [0.2, 0.25) is 0 Å². The number of halogens is 1. The van der Waals surface area contributed by atoms with E-state index in [9.17, 15) is 4.79 Å². The van der Waals surface area contributed by atoms with Crippen LogP contribution in [-0.2, 0) is 0 Å². The summed E-state index contributed by atoms with van der Waals surface area (Å²) in [4.78, 5) is 18.0. The van der Waals surface area contributed by atoms with Gasteiger partial charge in [-0.1, -0.05) is 35.9 Å². The van der Waals surface area contributed by atoms with Crippen LogP contribution in [0.25, 0.3) is 0 Å². The fourth-order valence-electron chi connectivity index (χ4n) is 4.50. The molecule has 34 heavy (non-hydrogen) atoms. The van der Waals surface area contributed by atoms with Crippen molar-refractivity contribution < 1.29 is 9.53 Å². The van der Waals surface area contributed by atoms with E-state index in [1.807, 2.05) is 54.6 Å². The summed E-state index contributed by atoms with van der Waals surface area (Å²) >= 11 is 6.18. The summed E-state index contributed by atoms with van der Waals surface area (Å²) in [5.74, 6) is 0.620. The minimum Gasteiger partial charge on any atom is -0.497 e. The first-order chi connectivity index (χ1) is 16.4. The highest BCUT2D eigenvalue weighted by molar-refractivity contribution is 6.30. The van der Waals surface area contributed by atoms with Crippen LogP contribution in [0.1, 0.15) is 41.4 Å². The first-order valence-electron chi connectivity index (χ1n) is 11.7. The number of rotatable bonds is 7. The number of anilines is 1. The molecule has 0 radical (unpaired) electrons. The summed E-state index contributed by atoms with van der Waals surface area (Å²) in [6.07, 6.45) is 0. The summed E-state index contributed by atoms with van der Waals surface area (Å²) < 4.78 is 5.20. The Labute approximate surface area is 207 Å². The van der Waals surface area contributed by atoms with Crippen LogP contribution in [0.15, 0.2) is 72.8 Å². The van der Waals surface area contributed by atoms with Gasteiger partial charge in [0.05, 0.1) is 13.2 Å². The van der Waals surface area contributed by atoms with Gasteiger partial charge in [0.25, 0.3) is 5.91 Å². The van der Waals surface area contributed by atoms with Gasteiger partial charge in [-0.3, -0.25) is 14.6 Å². The van der Waals surface area contributed by atoms with Crippen LogP contribution < -0.4 is 10.1 Å². The van der Waals surface area contributed by atoms with Crippen LogP contribution in [-0.4, -0.2) is 55.0 Å². The van der Waals surface area contributed by atoms with Gasteiger partial charge in [0, 0.05) is 48.5 Å². The second-order valence-electron chi connectivity index (χ2n) is 8.93. The minimum absolute atomic E-state index is 0.0558. The molecule has 0 aliphatic carbocycles. The highest BCUT2D eigenvalue weighted by Gasteiger charge is 2.27. The van der Waals surface area contributed by atoms with E-state index in [4.69, 9.17) is 16.3 Å². The fraction of sp³-hybridized carbons (Fsp3) is 0.321. The smallest absolute Gasteiger partial charge is 0.255 e. The Morgan fingerprint density at radius 1 is 0.882 bits per heavy atom. The average Bonchev–Trinajstić information content (AvgIpc) is 2.86. The normalized spacial score (nSPS) is 15.8. The van der Waals surface area contributed by atoms with Gasteiger partial charge >= 0.3 is 0 Å². The second kappa shape index (κ2) is 11.0. The Hall–Kier alpha value is -2.86. The minimum atomic E-state index is -0.133. The number of carbonyl (C=O) groups is 1. The molecule has 1 heterocycles. The van der Waals surface area contributed by atoms with Crippen molar-refractivity contribution in [2.45, 2.75) is 25.9 Å². The number of carbonyl (C=O) groups excluding carboxylic acids is 1. The Bertz CT molecular complexity index is 1090. The van der Waals surface area contributed by atoms with Crippen LogP contribution in [0.2, 0.25) is 5.02 Å². The molecule has 0 bridgehead atoms. The van der Waals surface area contributed by atoms with Crippen molar-refractivity contribution in [3.63, 3.8) is 0 Å². The average molecular weight is 478 g/mol. The molecular formula is C28H32ClN3O2. The number of nitrogens with one attached hydrogen (secondary N) is 1. The third-order valence-corrected chi connectivity index (χ3v) is 6.69. The Balaban J connectivity index is 1.59. The van der Waals surface area contributed by atoms with Gasteiger partial charge < -0.3 is 10.1 Å². The van der Waals surface area contributed by atoms with Crippen molar-refractivity contribution in [1.82, 2.24) is 9.80 Å². The molecule has 178 valence electrons. The SMILES string of the molecule is COc1ccc(NC(=O)c2cccc(C(c3ccc(Cl)cc3)N3CCN(C(C)C)CC3)c2)cc1. The lowest BCUT2D eigenvalue weighted by molar-refractivity contribution is 0.0891. The summed E-state index contributed by atoms with van der Waals surface area (Å²) in [7, 11) is 1.62. The van der Waals surface area contributed by atoms with Gasteiger partial charge in [-0.15, -0.1) is 0 Å². The number of amides is 1. The molecule has 1 aliphatic rings. The predicted molar refractivity (Wildman–Crippen MR) is 139 cm³/mol. The largest absolute Gasteiger partial charge is 0.497 e. The van der Waals surface area contributed by atoms with E-state index in [0.29, 0.717) is 11.6 Å². The maximum atomic E-state index is 13.0. The van der Waals surface area contributed by atoms with E-state index in [-0.39, 0.29) is 11.9 Å². The molecule has 0 aromatic heterocycles. The summed E-state index contributed by atoms with van der Waals surface area (Å²) in [5, 5.41) is 3.71. The molecule has 1 N–H and O–H groups in total. The number of benzene rings is 3. The third-order valence-electron chi connectivity index (χ3n) is 6.44. The molecule has 5 nitrogen and oxygen atoms in total. The fourth-order valence-corrected chi connectivity index (χ4v) is 4.62. The van der Waals surface area contributed by atoms with Crippen LogP contribution in [0, 0.1) is 0 Å². The van der Waals surface area contributed by atoms with Gasteiger partial charge in [0.1, 0.15) is 5.75 Å². The lowest BCUT2D eigenvalue weighted by atomic mass is 9.94. The van der Waals surface area contributed by atoms with Crippen molar-refractivity contribution in [3.05, 3.63) is 94.5 Å². The molecular weight excluding hydrogens is 446 g/mol. The summed E-state index contributed by atoms with van der Waals surface area (Å²) in [5.41, 5.74) is 3.64. The predicted octanol–water partition coefficient (Wildman–Crippen LogP) is 5.72. The van der Waals surface area contributed by atoms with Gasteiger partial charge in [0.15, 0.2) is 0 Å². The summed E-state index contributed by atoms with van der Waals surface area (Å²) in [6, 6.07) is 23.9. The van der Waals surface area contributed by atoms with Crippen molar-refractivity contribution in [2.24, 2.45) is 0 Å². The zero-order valence-corrected chi connectivity index (χ0v) is 20.8. The van der Waals surface area contributed by atoms with Gasteiger partial charge in [-0.25, -0.2) is 0 Å². The molecule has 0 saturated carbocycles. The zero-order chi connectivity index (χ0) is 24.1. The van der Waals surface area contributed by atoms with Crippen molar-refractivity contribution in [3.8, 4) is 5.75 Å². The Morgan fingerprint density at radius 3 is 2.15 bits per heavy atom. The highest BCUT2D eigenvalue weighted by Crippen LogP contribution is 2.31. The van der Waals surface area contributed by atoms with E-state index >= 15 is 0 Å². The molecule has 1 atom stereocenters. The van der Waals surface area contributed by atoms with Crippen LogP contribution in [0.3, 0.4) is 0 Å². The van der Waals surface area contributed by atoms with Crippen molar-refractivity contribution in [2.75, 3.05) is 38.6 Å². The Kier molecular flexibility index (Phi) is 7.88. The second-order valence-corrected chi connectivity index (χ2v) is 9.36. The number of hydrogen-bond donors (Lipinski definition) is 1. The molecule has 0 spiro atoms. The number of ether oxygens (including phenoxy) is 1. The molecule has 1 saturated heterocycles. The van der Waals surface area contributed by atoms with Crippen molar-refractivity contribution in [1.29, 1.82) is 0 Å². The topological polar surface area (TPSA) is 44.8 Å². The van der Waals surface area contributed by atoms with E-state index in [2.05, 4.69) is 47.2 Å². The van der Waals surface area contributed by atoms with Crippen LogP contribution in [0.5, 0.6) is 5.75 Å². The van der Waals surface area contributed by atoms with Crippen LogP contribution in [0.4, 0.5) is 5.69 Å². The van der Waals surface area contributed by atoms with E-state index in [1.165, 1.54) is 5.56 Å². The molecule has 1 unspecified atom stereocenters. The lowest BCUT2D eigenvalue weighted by Crippen LogP contribution is -2.50. The maximum absolute atomic E-state index is 13.0. The molecule has 3 aromatic rings. The maximum Gasteiger partial charge on any atom is 0.255 e. The number of nitrogens with zero attached hydrogens (tertiary/aromatic N) is 2. The zero-order valence-electron chi connectivity index (χ0n) is 20.0. The molecule has 6 heteroatoms. The highest BCUT2D eigenvalue weighted by atomic mass is 35.5. The third kappa shape index (κ3) is 5.79.